The van der Waals surface area contributed by atoms with E-state index in [0.29, 0.717) is 19.5 Å². The number of carbonyl (C=O) groups excluding carboxylic acids is 2. The van der Waals surface area contributed by atoms with E-state index in [2.05, 4.69) is 26.1 Å². The van der Waals surface area contributed by atoms with Gasteiger partial charge in [0.2, 0.25) is 11.8 Å². The van der Waals surface area contributed by atoms with Crippen molar-refractivity contribution < 1.29 is 19.5 Å². The van der Waals surface area contributed by atoms with E-state index in [4.69, 9.17) is 0 Å². The predicted molar refractivity (Wildman–Crippen MR) is 146 cm³/mol. The van der Waals surface area contributed by atoms with E-state index in [9.17, 15) is 19.5 Å². The first kappa shape index (κ1) is 33.4. The van der Waals surface area contributed by atoms with E-state index in [1.807, 2.05) is 4.90 Å². The van der Waals surface area contributed by atoms with Crippen LogP contribution < -0.4 is 5.32 Å². The molecule has 1 unspecified atom stereocenters. The van der Waals surface area contributed by atoms with Crippen LogP contribution in [-0.4, -0.2) is 46.9 Å². The maximum Gasteiger partial charge on any atom is 0.303 e. The maximum atomic E-state index is 13.4. The Morgan fingerprint density at radius 3 is 1.51 bits per heavy atom. The number of carboxylic acids is 1. The van der Waals surface area contributed by atoms with Crippen LogP contribution in [0.15, 0.2) is 0 Å². The fourth-order valence-electron chi connectivity index (χ4n) is 4.40. The van der Waals surface area contributed by atoms with Gasteiger partial charge in [-0.05, 0) is 25.7 Å². The number of carboxylic acid groups (broad SMARTS) is 1. The molecule has 35 heavy (non-hydrogen) atoms. The highest BCUT2D eigenvalue weighted by Gasteiger charge is 2.26. The summed E-state index contributed by atoms with van der Waals surface area (Å²) in [7, 11) is 0. The molecule has 0 aliphatic heterocycles. The number of amides is 2. The van der Waals surface area contributed by atoms with Crippen LogP contribution in [0.3, 0.4) is 0 Å². The van der Waals surface area contributed by atoms with Gasteiger partial charge in [-0.2, -0.15) is 0 Å². The van der Waals surface area contributed by atoms with Crippen molar-refractivity contribution in [1.29, 1.82) is 0 Å². The molecule has 0 heterocycles. The molecule has 0 saturated carbocycles. The zero-order valence-electron chi connectivity index (χ0n) is 23.3. The van der Waals surface area contributed by atoms with Crippen molar-refractivity contribution in [2.24, 2.45) is 0 Å². The molecule has 6 nitrogen and oxygen atoms in total. The maximum absolute atomic E-state index is 13.4. The third-order valence-electron chi connectivity index (χ3n) is 6.66. The van der Waals surface area contributed by atoms with Gasteiger partial charge in [-0.3, -0.25) is 14.4 Å². The molecule has 0 aromatic heterocycles. The molecule has 0 spiro atoms. The fraction of sp³-hybridized carbons (Fsp3) is 0.897. The van der Waals surface area contributed by atoms with E-state index >= 15 is 0 Å². The number of rotatable bonds is 25. The van der Waals surface area contributed by atoms with E-state index < -0.39 is 12.0 Å². The van der Waals surface area contributed by atoms with Crippen LogP contribution >= 0.6 is 0 Å². The highest BCUT2D eigenvalue weighted by Crippen LogP contribution is 2.12. The molecule has 0 aromatic rings. The molecule has 0 aromatic carbocycles. The predicted octanol–water partition coefficient (Wildman–Crippen LogP) is 7.25. The second-order valence-electron chi connectivity index (χ2n) is 10.1. The normalized spacial score (nSPS) is 11.9. The van der Waals surface area contributed by atoms with Gasteiger partial charge in [0.05, 0.1) is 0 Å². The van der Waals surface area contributed by atoms with Crippen molar-refractivity contribution in [3.05, 3.63) is 0 Å². The summed E-state index contributed by atoms with van der Waals surface area (Å²) in [5, 5.41) is 12.1. The monoisotopic (exact) mass is 496 g/mol. The van der Waals surface area contributed by atoms with Crippen molar-refractivity contribution in [2.45, 2.75) is 155 Å². The van der Waals surface area contributed by atoms with Gasteiger partial charge in [-0.1, -0.05) is 111 Å². The lowest BCUT2D eigenvalue weighted by Crippen LogP contribution is -2.49. The Morgan fingerprint density at radius 2 is 1.06 bits per heavy atom. The molecule has 6 heteroatoms. The van der Waals surface area contributed by atoms with Gasteiger partial charge < -0.3 is 15.3 Å². The first-order valence-corrected chi connectivity index (χ1v) is 14.8. The molecule has 0 aliphatic rings. The van der Waals surface area contributed by atoms with Gasteiger partial charge in [0, 0.05) is 25.9 Å². The molecular formula is C29H56N2O4. The molecule has 1 atom stereocenters. The molecule has 0 radical (unpaired) electrons. The van der Waals surface area contributed by atoms with Crippen molar-refractivity contribution in [3.8, 4) is 0 Å². The van der Waals surface area contributed by atoms with E-state index in [0.717, 1.165) is 70.6 Å². The zero-order chi connectivity index (χ0) is 26.2. The minimum Gasteiger partial charge on any atom is -0.481 e. The minimum absolute atomic E-state index is 0.111. The molecule has 0 aliphatic carbocycles. The van der Waals surface area contributed by atoms with Crippen molar-refractivity contribution in [2.75, 3.05) is 13.1 Å². The first-order valence-electron chi connectivity index (χ1n) is 14.8. The molecule has 0 rings (SSSR count). The number of hydrogen-bond acceptors (Lipinski definition) is 3. The summed E-state index contributed by atoms with van der Waals surface area (Å²) in [6.07, 6.45) is 19.7. The fourth-order valence-corrected chi connectivity index (χ4v) is 4.40. The van der Waals surface area contributed by atoms with Gasteiger partial charge in [0.1, 0.15) is 6.04 Å². The average Bonchev–Trinajstić information content (AvgIpc) is 2.84. The van der Waals surface area contributed by atoms with Crippen molar-refractivity contribution in [1.82, 2.24) is 10.2 Å². The summed E-state index contributed by atoms with van der Waals surface area (Å²) in [6, 6.07) is -0.741. The number of nitrogens with one attached hydrogen (secondary N) is 1. The average molecular weight is 497 g/mol. The van der Waals surface area contributed by atoms with E-state index in [1.54, 1.807) is 0 Å². The summed E-state index contributed by atoms with van der Waals surface area (Å²) in [5.41, 5.74) is 0. The number of hydrogen-bond donors (Lipinski definition) is 2. The Labute approximate surface area is 216 Å². The lowest BCUT2D eigenvalue weighted by Gasteiger charge is -2.28. The Kier molecular flexibility index (Phi) is 23.0. The summed E-state index contributed by atoms with van der Waals surface area (Å²) >= 11 is 0. The van der Waals surface area contributed by atoms with Gasteiger partial charge in [-0.15, -0.1) is 0 Å². The van der Waals surface area contributed by atoms with Crippen LogP contribution in [0.1, 0.15) is 149 Å². The quantitative estimate of drug-likeness (QED) is 0.130. The molecule has 206 valence electrons. The second kappa shape index (κ2) is 24.1. The molecule has 0 fully saturated rings. The Morgan fingerprint density at radius 1 is 0.629 bits per heavy atom. The van der Waals surface area contributed by atoms with Gasteiger partial charge >= 0.3 is 5.97 Å². The topological polar surface area (TPSA) is 86.7 Å². The van der Waals surface area contributed by atoms with Crippen LogP contribution in [0.2, 0.25) is 0 Å². The highest BCUT2D eigenvalue weighted by atomic mass is 16.4. The Hall–Kier alpha value is -1.59. The number of aliphatic carboxylic acids is 1. The molecule has 0 bridgehead atoms. The Balaban J connectivity index is 4.70. The summed E-state index contributed by atoms with van der Waals surface area (Å²) < 4.78 is 0. The molecule has 2 N–H and O–H groups in total. The van der Waals surface area contributed by atoms with Gasteiger partial charge in [0.25, 0.3) is 0 Å². The lowest BCUT2D eigenvalue weighted by molar-refractivity contribution is -0.139. The van der Waals surface area contributed by atoms with Crippen molar-refractivity contribution in [3.63, 3.8) is 0 Å². The van der Waals surface area contributed by atoms with Gasteiger partial charge in [-0.25, -0.2) is 0 Å². The van der Waals surface area contributed by atoms with Gasteiger partial charge in [0.15, 0.2) is 0 Å². The minimum atomic E-state index is -0.937. The van der Waals surface area contributed by atoms with E-state index in [1.165, 1.54) is 38.5 Å². The van der Waals surface area contributed by atoms with Crippen LogP contribution in [0.25, 0.3) is 0 Å². The number of carbonyl (C=O) groups is 3. The standard InChI is InChI=1S/C29H56N2O4/c1-4-7-10-13-14-15-16-17-18-21-27(32)30-26(22-23-28(33)34)29(35)31(24-19-11-8-5-2)25-20-12-9-6-3/h26H,4-25H2,1-3H3,(H,30,32)(H,33,34). The summed E-state index contributed by atoms with van der Waals surface area (Å²) in [6.45, 7) is 7.92. The number of unbranched alkanes of at least 4 members (excludes halogenated alkanes) is 14. The molecule has 2 amide bonds. The smallest absolute Gasteiger partial charge is 0.303 e. The first-order chi connectivity index (χ1) is 17.0. The van der Waals surface area contributed by atoms with Crippen molar-refractivity contribution >= 4 is 17.8 Å². The van der Waals surface area contributed by atoms with E-state index in [-0.39, 0.29) is 24.7 Å². The third kappa shape index (κ3) is 20.3. The second-order valence-corrected chi connectivity index (χ2v) is 10.1. The zero-order valence-corrected chi connectivity index (χ0v) is 23.3. The Bertz CT molecular complexity index is 527. The summed E-state index contributed by atoms with van der Waals surface area (Å²) in [5.74, 6) is -1.18. The van der Waals surface area contributed by atoms with Crippen LogP contribution in [0, 0.1) is 0 Å². The molecule has 0 saturated heterocycles. The summed E-state index contributed by atoms with van der Waals surface area (Å²) in [4.78, 5) is 39.0. The van der Waals surface area contributed by atoms with Crippen LogP contribution in [0.5, 0.6) is 0 Å². The van der Waals surface area contributed by atoms with Crippen LogP contribution in [0.4, 0.5) is 0 Å². The highest BCUT2D eigenvalue weighted by molar-refractivity contribution is 5.88. The third-order valence-corrected chi connectivity index (χ3v) is 6.66. The molecular weight excluding hydrogens is 440 g/mol. The SMILES string of the molecule is CCCCCCCCCCCC(=O)NC(CCC(=O)O)C(=O)N(CCCCCC)CCCCCC. The number of nitrogens with zero attached hydrogens (tertiary/aromatic N) is 1. The van der Waals surface area contributed by atoms with Crippen LogP contribution in [-0.2, 0) is 14.4 Å². The lowest BCUT2D eigenvalue weighted by atomic mass is 10.1. The largest absolute Gasteiger partial charge is 0.481 e.